The van der Waals surface area contributed by atoms with Crippen molar-refractivity contribution in [1.82, 2.24) is 4.72 Å². The lowest BCUT2D eigenvalue weighted by molar-refractivity contribution is 0.181. The molecular formula is C21H22N2O4S. The summed E-state index contributed by atoms with van der Waals surface area (Å²) in [4.78, 5) is 13.4. The number of carbonyl (C=O) groups is 1. The Kier molecular flexibility index (Phi) is 5.73. The number of amides is 1. The normalized spacial score (nSPS) is 13.8. The molecule has 0 bridgehead atoms. The van der Waals surface area contributed by atoms with Gasteiger partial charge in [-0.25, -0.2) is 13.2 Å². The third-order valence-corrected chi connectivity index (χ3v) is 6.10. The maximum atomic E-state index is 12.6. The van der Waals surface area contributed by atoms with Crippen LogP contribution in [0.1, 0.15) is 22.3 Å². The van der Waals surface area contributed by atoms with Crippen LogP contribution in [0, 0.1) is 32.6 Å². The van der Waals surface area contributed by atoms with E-state index in [2.05, 4.69) is 16.6 Å². The van der Waals surface area contributed by atoms with Crippen LogP contribution in [-0.4, -0.2) is 34.2 Å². The molecule has 1 saturated heterocycles. The van der Waals surface area contributed by atoms with Gasteiger partial charge in [-0.3, -0.25) is 4.90 Å². The zero-order valence-electron chi connectivity index (χ0n) is 16.1. The van der Waals surface area contributed by atoms with E-state index in [0.29, 0.717) is 29.2 Å². The molecule has 0 atom stereocenters. The Balaban J connectivity index is 1.66. The summed E-state index contributed by atoms with van der Waals surface area (Å²) in [6, 6.07) is 10.9. The van der Waals surface area contributed by atoms with Crippen molar-refractivity contribution in [3.8, 4) is 11.8 Å². The van der Waals surface area contributed by atoms with Crippen LogP contribution in [0.2, 0.25) is 0 Å². The minimum Gasteiger partial charge on any atom is -0.447 e. The smallest absolute Gasteiger partial charge is 0.414 e. The van der Waals surface area contributed by atoms with Crippen molar-refractivity contribution in [2.75, 3.05) is 24.6 Å². The molecule has 1 heterocycles. The van der Waals surface area contributed by atoms with Crippen LogP contribution in [0.25, 0.3) is 0 Å². The predicted octanol–water partition coefficient (Wildman–Crippen LogP) is 2.90. The minimum atomic E-state index is -3.63. The first-order valence-corrected chi connectivity index (χ1v) is 10.4. The molecule has 0 aliphatic carbocycles. The second kappa shape index (κ2) is 8.05. The molecule has 146 valence electrons. The Morgan fingerprint density at radius 2 is 1.75 bits per heavy atom. The van der Waals surface area contributed by atoms with Crippen LogP contribution >= 0.6 is 0 Å². The Bertz CT molecular complexity index is 1040. The molecular weight excluding hydrogens is 376 g/mol. The first-order valence-electron chi connectivity index (χ1n) is 8.89. The molecule has 0 aromatic heterocycles. The number of ether oxygens (including phenoxy) is 1. The summed E-state index contributed by atoms with van der Waals surface area (Å²) in [7, 11) is -3.63. The number of hydrogen-bond acceptors (Lipinski definition) is 4. The number of carbonyl (C=O) groups excluding carboxylic acids is 1. The van der Waals surface area contributed by atoms with Crippen LogP contribution < -0.4 is 9.62 Å². The lowest BCUT2D eigenvalue weighted by atomic mass is 10.1. The Labute approximate surface area is 165 Å². The van der Waals surface area contributed by atoms with Crippen molar-refractivity contribution < 1.29 is 17.9 Å². The largest absolute Gasteiger partial charge is 0.447 e. The summed E-state index contributed by atoms with van der Waals surface area (Å²) in [5.74, 6) is 5.75. The van der Waals surface area contributed by atoms with Crippen molar-refractivity contribution in [3.63, 3.8) is 0 Å². The second-order valence-corrected chi connectivity index (χ2v) is 8.37. The lowest BCUT2D eigenvalue weighted by Gasteiger charge is -2.12. The first kappa shape index (κ1) is 19.9. The molecule has 0 spiro atoms. The molecule has 1 amide bonds. The van der Waals surface area contributed by atoms with Crippen molar-refractivity contribution in [2.45, 2.75) is 25.7 Å². The van der Waals surface area contributed by atoms with Crippen LogP contribution in [0.5, 0.6) is 0 Å². The Morgan fingerprint density at radius 1 is 1.11 bits per heavy atom. The number of anilines is 1. The summed E-state index contributed by atoms with van der Waals surface area (Å²) >= 11 is 0. The molecule has 1 aliphatic rings. The molecule has 3 rings (SSSR count). The van der Waals surface area contributed by atoms with Gasteiger partial charge in [-0.2, -0.15) is 4.72 Å². The second-order valence-electron chi connectivity index (χ2n) is 6.67. The van der Waals surface area contributed by atoms with Gasteiger partial charge in [0, 0.05) is 11.3 Å². The molecule has 0 unspecified atom stereocenters. The van der Waals surface area contributed by atoms with Gasteiger partial charge in [-0.15, -0.1) is 0 Å². The van der Waals surface area contributed by atoms with Crippen molar-refractivity contribution in [3.05, 3.63) is 58.7 Å². The van der Waals surface area contributed by atoms with Gasteiger partial charge >= 0.3 is 6.09 Å². The Hall–Kier alpha value is -2.82. The third kappa shape index (κ3) is 4.35. The topological polar surface area (TPSA) is 75.7 Å². The summed E-state index contributed by atoms with van der Waals surface area (Å²) in [5, 5.41) is 0. The first-order chi connectivity index (χ1) is 13.3. The molecule has 28 heavy (non-hydrogen) atoms. The quantitative estimate of drug-likeness (QED) is 0.804. The SMILES string of the molecule is Cc1cc(C)c(S(=O)(=O)NCC#Cc2ccc(N3CCOC3=O)cc2)c(C)c1. The number of benzene rings is 2. The maximum Gasteiger partial charge on any atom is 0.414 e. The molecule has 7 heteroatoms. The molecule has 6 nitrogen and oxygen atoms in total. The number of aryl methyl sites for hydroxylation is 3. The van der Waals surface area contributed by atoms with Gasteiger partial charge in [0.2, 0.25) is 10.0 Å². The zero-order chi connectivity index (χ0) is 20.3. The summed E-state index contributed by atoms with van der Waals surface area (Å²) in [6.07, 6.45) is -0.352. The van der Waals surface area contributed by atoms with Gasteiger partial charge in [0.15, 0.2) is 0 Å². The molecule has 1 N–H and O–H groups in total. The number of hydrogen-bond donors (Lipinski definition) is 1. The fourth-order valence-electron chi connectivity index (χ4n) is 3.29. The van der Waals surface area contributed by atoms with Gasteiger partial charge < -0.3 is 4.74 Å². The molecule has 1 aliphatic heterocycles. The van der Waals surface area contributed by atoms with E-state index in [4.69, 9.17) is 4.74 Å². The number of rotatable bonds is 4. The summed E-state index contributed by atoms with van der Waals surface area (Å²) in [5.41, 5.74) is 3.94. The summed E-state index contributed by atoms with van der Waals surface area (Å²) in [6.45, 7) is 6.45. The van der Waals surface area contributed by atoms with E-state index in [9.17, 15) is 13.2 Å². The monoisotopic (exact) mass is 398 g/mol. The molecule has 2 aromatic rings. The fraction of sp³-hybridized carbons (Fsp3) is 0.286. The van der Waals surface area contributed by atoms with E-state index in [0.717, 1.165) is 16.8 Å². The van der Waals surface area contributed by atoms with E-state index < -0.39 is 10.0 Å². The van der Waals surface area contributed by atoms with Crippen LogP contribution in [0.15, 0.2) is 41.3 Å². The maximum absolute atomic E-state index is 12.6. The van der Waals surface area contributed by atoms with Gasteiger partial charge in [0.1, 0.15) is 6.61 Å². The number of sulfonamides is 1. The minimum absolute atomic E-state index is 0.00922. The summed E-state index contributed by atoms with van der Waals surface area (Å²) < 4.78 is 32.6. The average Bonchev–Trinajstić information content (AvgIpc) is 3.04. The number of cyclic esters (lactones) is 1. The Morgan fingerprint density at radius 3 is 2.32 bits per heavy atom. The number of nitrogens with zero attached hydrogens (tertiary/aromatic N) is 1. The highest BCUT2D eigenvalue weighted by molar-refractivity contribution is 7.89. The van der Waals surface area contributed by atoms with Crippen LogP contribution in [-0.2, 0) is 14.8 Å². The van der Waals surface area contributed by atoms with Crippen LogP contribution in [0.4, 0.5) is 10.5 Å². The van der Waals surface area contributed by atoms with E-state index in [-0.39, 0.29) is 12.6 Å². The standard InChI is InChI=1S/C21H22N2O4S/c1-15-13-16(2)20(17(3)14-15)28(25,26)22-10-4-5-18-6-8-19(9-7-18)23-11-12-27-21(23)24/h6-9,13-14,22H,10-12H2,1-3H3. The molecule has 1 fully saturated rings. The third-order valence-electron chi connectivity index (χ3n) is 4.40. The highest BCUT2D eigenvalue weighted by Gasteiger charge is 2.23. The number of nitrogens with one attached hydrogen (secondary N) is 1. The van der Waals surface area contributed by atoms with E-state index in [1.54, 1.807) is 43.0 Å². The molecule has 0 radical (unpaired) electrons. The van der Waals surface area contributed by atoms with Gasteiger partial charge in [0.25, 0.3) is 0 Å². The van der Waals surface area contributed by atoms with Gasteiger partial charge in [-0.05, 0) is 56.2 Å². The van der Waals surface area contributed by atoms with Crippen molar-refractivity contribution in [1.29, 1.82) is 0 Å². The van der Waals surface area contributed by atoms with Crippen molar-refractivity contribution >= 4 is 21.8 Å². The van der Waals surface area contributed by atoms with Crippen molar-refractivity contribution in [2.24, 2.45) is 0 Å². The highest BCUT2D eigenvalue weighted by Crippen LogP contribution is 2.21. The van der Waals surface area contributed by atoms with Gasteiger partial charge in [-0.1, -0.05) is 29.5 Å². The van der Waals surface area contributed by atoms with E-state index in [1.165, 1.54) is 0 Å². The van der Waals surface area contributed by atoms with E-state index in [1.807, 2.05) is 19.1 Å². The zero-order valence-corrected chi connectivity index (χ0v) is 16.9. The average molecular weight is 398 g/mol. The van der Waals surface area contributed by atoms with Gasteiger partial charge in [0.05, 0.1) is 18.0 Å². The molecule has 2 aromatic carbocycles. The lowest BCUT2D eigenvalue weighted by Crippen LogP contribution is -2.25. The van der Waals surface area contributed by atoms with E-state index >= 15 is 0 Å². The predicted molar refractivity (Wildman–Crippen MR) is 108 cm³/mol. The highest BCUT2D eigenvalue weighted by atomic mass is 32.2. The van der Waals surface area contributed by atoms with Crippen LogP contribution in [0.3, 0.4) is 0 Å². The molecule has 0 saturated carbocycles. The fourth-order valence-corrected chi connectivity index (χ4v) is 4.66.